The monoisotopic (exact) mass is 347 g/mol. The van der Waals surface area contributed by atoms with Crippen molar-refractivity contribution in [2.24, 2.45) is 5.92 Å². The van der Waals surface area contributed by atoms with Crippen molar-refractivity contribution in [2.45, 2.75) is 26.7 Å². The Morgan fingerprint density at radius 3 is 2.56 bits per heavy atom. The smallest absolute Gasteiger partial charge is 0.227 e. The highest BCUT2D eigenvalue weighted by Crippen LogP contribution is 2.26. The summed E-state index contributed by atoms with van der Waals surface area (Å²) in [5.74, 6) is 0.443. The highest BCUT2D eigenvalue weighted by atomic mass is 16.5. The minimum absolute atomic E-state index is 0.00606. The third kappa shape index (κ3) is 5.19. The third-order valence-electron chi connectivity index (χ3n) is 4.72. The van der Waals surface area contributed by atoms with E-state index in [1.807, 2.05) is 24.3 Å². The molecule has 1 aromatic carbocycles. The minimum atomic E-state index is -0.275. The molecule has 0 aliphatic carbocycles. The Morgan fingerprint density at radius 1 is 1.28 bits per heavy atom. The van der Waals surface area contributed by atoms with Crippen molar-refractivity contribution in [3.05, 3.63) is 24.3 Å². The van der Waals surface area contributed by atoms with E-state index in [9.17, 15) is 9.59 Å². The van der Waals surface area contributed by atoms with Gasteiger partial charge in [0.05, 0.1) is 13.0 Å². The molecule has 25 heavy (non-hydrogen) atoms. The maximum absolute atomic E-state index is 12.3. The van der Waals surface area contributed by atoms with Gasteiger partial charge < -0.3 is 19.9 Å². The van der Waals surface area contributed by atoms with Crippen LogP contribution in [0.4, 0.5) is 5.69 Å². The predicted octanol–water partition coefficient (Wildman–Crippen LogP) is 1.90. The van der Waals surface area contributed by atoms with Crippen LogP contribution in [0.25, 0.3) is 0 Å². The van der Waals surface area contributed by atoms with Crippen LogP contribution in [0.3, 0.4) is 0 Å². The molecule has 2 rings (SSSR count). The second kappa shape index (κ2) is 9.42. The molecule has 0 aromatic heterocycles. The van der Waals surface area contributed by atoms with Gasteiger partial charge in [0, 0.05) is 25.2 Å². The molecule has 6 heteroatoms. The Kier molecular flexibility index (Phi) is 7.25. The van der Waals surface area contributed by atoms with Crippen LogP contribution in [0.1, 0.15) is 26.7 Å². The van der Waals surface area contributed by atoms with Gasteiger partial charge in [0.1, 0.15) is 5.75 Å². The molecule has 138 valence electrons. The van der Waals surface area contributed by atoms with E-state index in [-0.39, 0.29) is 24.2 Å². The average molecular weight is 347 g/mol. The molecule has 0 saturated carbocycles. The van der Waals surface area contributed by atoms with E-state index in [4.69, 9.17) is 4.74 Å². The summed E-state index contributed by atoms with van der Waals surface area (Å²) >= 11 is 0. The van der Waals surface area contributed by atoms with Gasteiger partial charge in [0.15, 0.2) is 0 Å². The van der Waals surface area contributed by atoms with Crippen LogP contribution in [0.15, 0.2) is 24.3 Å². The first-order valence-electron chi connectivity index (χ1n) is 9.03. The zero-order chi connectivity index (χ0) is 18.2. The van der Waals surface area contributed by atoms with Crippen LogP contribution < -0.4 is 15.0 Å². The summed E-state index contributed by atoms with van der Waals surface area (Å²) in [6.45, 7) is 8.40. The molecule has 1 aliphatic heterocycles. The Labute approximate surface area is 150 Å². The van der Waals surface area contributed by atoms with Gasteiger partial charge in [-0.15, -0.1) is 0 Å². The summed E-state index contributed by atoms with van der Waals surface area (Å²) in [5, 5.41) is 2.97. The molecule has 1 heterocycles. The number of carbonyl (C=O) groups excluding carboxylic acids is 2. The normalized spacial score (nSPS) is 17.2. The first kappa shape index (κ1) is 19.2. The molecule has 0 bridgehead atoms. The van der Waals surface area contributed by atoms with Gasteiger partial charge in [-0.1, -0.05) is 13.8 Å². The van der Waals surface area contributed by atoms with Gasteiger partial charge in [0.2, 0.25) is 11.8 Å². The molecule has 0 radical (unpaired) electrons. The summed E-state index contributed by atoms with van der Waals surface area (Å²) in [7, 11) is 1.61. The molecule has 1 atom stereocenters. The summed E-state index contributed by atoms with van der Waals surface area (Å²) in [4.78, 5) is 28.6. The lowest BCUT2D eigenvalue weighted by molar-refractivity contribution is -0.126. The van der Waals surface area contributed by atoms with Crippen LogP contribution in [0.5, 0.6) is 5.75 Å². The van der Waals surface area contributed by atoms with Gasteiger partial charge in [-0.3, -0.25) is 9.59 Å². The highest BCUT2D eigenvalue weighted by Gasteiger charge is 2.34. The van der Waals surface area contributed by atoms with E-state index in [1.165, 1.54) is 0 Å². The van der Waals surface area contributed by atoms with E-state index < -0.39 is 0 Å². The van der Waals surface area contributed by atoms with Crippen molar-refractivity contribution in [1.82, 2.24) is 10.2 Å². The van der Waals surface area contributed by atoms with E-state index in [1.54, 1.807) is 12.0 Å². The van der Waals surface area contributed by atoms with Gasteiger partial charge in [-0.05, 0) is 50.3 Å². The fourth-order valence-electron chi connectivity index (χ4n) is 3.09. The fourth-order valence-corrected chi connectivity index (χ4v) is 3.09. The number of rotatable bonds is 9. The lowest BCUT2D eigenvalue weighted by Crippen LogP contribution is -2.35. The average Bonchev–Trinajstić information content (AvgIpc) is 3.03. The minimum Gasteiger partial charge on any atom is -0.497 e. The Balaban J connectivity index is 1.81. The fraction of sp³-hybridized carbons (Fsp3) is 0.579. The maximum atomic E-state index is 12.3. The zero-order valence-corrected chi connectivity index (χ0v) is 15.5. The van der Waals surface area contributed by atoms with Crippen molar-refractivity contribution < 1.29 is 14.3 Å². The maximum Gasteiger partial charge on any atom is 0.227 e. The molecular weight excluding hydrogens is 318 g/mol. The number of ether oxygens (including phenoxy) is 1. The topological polar surface area (TPSA) is 61.9 Å². The van der Waals surface area contributed by atoms with Gasteiger partial charge in [-0.2, -0.15) is 0 Å². The summed E-state index contributed by atoms with van der Waals surface area (Å²) in [6.07, 6.45) is 1.20. The second-order valence-corrected chi connectivity index (χ2v) is 6.27. The lowest BCUT2D eigenvalue weighted by atomic mass is 10.1. The largest absolute Gasteiger partial charge is 0.497 e. The van der Waals surface area contributed by atoms with E-state index in [0.717, 1.165) is 37.5 Å². The molecule has 1 N–H and O–H groups in total. The van der Waals surface area contributed by atoms with Crippen molar-refractivity contribution in [3.63, 3.8) is 0 Å². The number of benzene rings is 1. The third-order valence-corrected chi connectivity index (χ3v) is 4.72. The molecule has 0 spiro atoms. The molecule has 1 unspecified atom stereocenters. The SMILES string of the molecule is CCN(CC)CCCNC(=O)C1CC(=O)N(c2ccc(OC)cc2)C1. The van der Waals surface area contributed by atoms with Gasteiger partial charge in [0.25, 0.3) is 0 Å². The molecule has 1 fully saturated rings. The standard InChI is InChI=1S/C19H29N3O3/c1-4-21(5-2)12-6-11-20-19(24)15-13-18(23)22(14-15)16-7-9-17(25-3)10-8-16/h7-10,15H,4-6,11-14H2,1-3H3,(H,20,24). The summed E-state index contributed by atoms with van der Waals surface area (Å²) < 4.78 is 5.13. The number of methoxy groups -OCH3 is 1. The molecule has 6 nitrogen and oxygen atoms in total. The quantitative estimate of drug-likeness (QED) is 0.693. The molecular formula is C19H29N3O3. The van der Waals surface area contributed by atoms with Crippen LogP contribution in [-0.4, -0.2) is 56.5 Å². The summed E-state index contributed by atoms with van der Waals surface area (Å²) in [6, 6.07) is 7.34. The number of amides is 2. The van der Waals surface area contributed by atoms with Gasteiger partial charge >= 0.3 is 0 Å². The number of hydrogen-bond acceptors (Lipinski definition) is 4. The zero-order valence-electron chi connectivity index (χ0n) is 15.5. The van der Waals surface area contributed by atoms with Crippen molar-refractivity contribution in [1.29, 1.82) is 0 Å². The van der Waals surface area contributed by atoms with Crippen molar-refractivity contribution >= 4 is 17.5 Å². The molecule has 2 amide bonds. The van der Waals surface area contributed by atoms with E-state index in [0.29, 0.717) is 13.1 Å². The number of hydrogen-bond donors (Lipinski definition) is 1. The Hall–Kier alpha value is -2.08. The van der Waals surface area contributed by atoms with Crippen LogP contribution in [-0.2, 0) is 9.59 Å². The number of nitrogens with one attached hydrogen (secondary N) is 1. The first-order valence-corrected chi connectivity index (χ1v) is 9.03. The van der Waals surface area contributed by atoms with Crippen molar-refractivity contribution in [3.8, 4) is 5.75 Å². The van der Waals surface area contributed by atoms with E-state index in [2.05, 4.69) is 24.1 Å². The predicted molar refractivity (Wildman–Crippen MR) is 98.9 cm³/mol. The number of carbonyl (C=O) groups is 2. The lowest BCUT2D eigenvalue weighted by Gasteiger charge is -2.18. The molecule has 1 aromatic rings. The van der Waals surface area contributed by atoms with Crippen LogP contribution in [0, 0.1) is 5.92 Å². The van der Waals surface area contributed by atoms with E-state index >= 15 is 0 Å². The summed E-state index contributed by atoms with van der Waals surface area (Å²) in [5.41, 5.74) is 0.808. The molecule has 1 saturated heterocycles. The van der Waals surface area contributed by atoms with Gasteiger partial charge in [-0.25, -0.2) is 0 Å². The number of anilines is 1. The second-order valence-electron chi connectivity index (χ2n) is 6.27. The van der Waals surface area contributed by atoms with Crippen molar-refractivity contribution in [2.75, 3.05) is 44.7 Å². The Morgan fingerprint density at radius 2 is 1.96 bits per heavy atom. The number of nitrogens with zero attached hydrogens (tertiary/aromatic N) is 2. The highest BCUT2D eigenvalue weighted by molar-refractivity contribution is 6.00. The Bertz CT molecular complexity index is 570. The van der Waals surface area contributed by atoms with Crippen LogP contribution >= 0.6 is 0 Å². The molecule has 1 aliphatic rings. The van der Waals surface area contributed by atoms with Crippen LogP contribution in [0.2, 0.25) is 0 Å². The first-order chi connectivity index (χ1) is 12.1.